The molecule has 0 unspecified atom stereocenters. The average molecular weight is 339 g/mol. The van der Waals surface area contributed by atoms with Crippen molar-refractivity contribution in [1.29, 1.82) is 0 Å². The zero-order chi connectivity index (χ0) is 17.3. The van der Waals surface area contributed by atoms with Crippen LogP contribution in [-0.4, -0.2) is 44.4 Å². The van der Waals surface area contributed by atoms with Gasteiger partial charge in [0.1, 0.15) is 12.4 Å². The molecule has 3 heteroatoms. The summed E-state index contributed by atoms with van der Waals surface area (Å²) in [6.07, 6.45) is 2.69. The number of hydrogen-bond acceptors (Lipinski definition) is 3. The van der Waals surface area contributed by atoms with E-state index in [-0.39, 0.29) is 0 Å². The lowest BCUT2D eigenvalue weighted by Crippen LogP contribution is -2.36. The van der Waals surface area contributed by atoms with Crippen LogP contribution in [-0.2, 0) is 4.74 Å². The summed E-state index contributed by atoms with van der Waals surface area (Å²) < 4.78 is 11.7. The Morgan fingerprint density at radius 3 is 2.60 bits per heavy atom. The van der Waals surface area contributed by atoms with Crippen molar-refractivity contribution in [3.63, 3.8) is 0 Å². The molecular formula is C22H29NO2. The second-order valence-corrected chi connectivity index (χ2v) is 6.87. The first kappa shape index (κ1) is 18.0. The van der Waals surface area contributed by atoms with Gasteiger partial charge in [-0.25, -0.2) is 0 Å². The van der Waals surface area contributed by atoms with E-state index in [9.17, 15) is 0 Å². The van der Waals surface area contributed by atoms with Gasteiger partial charge in [0.2, 0.25) is 0 Å². The Hall–Kier alpha value is -1.84. The lowest BCUT2D eigenvalue weighted by molar-refractivity contribution is 0.0690. The molecule has 0 saturated carbocycles. The number of hydrogen-bond donors (Lipinski definition) is 0. The molecular weight excluding hydrogens is 310 g/mol. The van der Waals surface area contributed by atoms with Gasteiger partial charge in [-0.15, -0.1) is 0 Å². The molecule has 2 aromatic carbocycles. The minimum Gasteiger partial charge on any atom is -0.491 e. The van der Waals surface area contributed by atoms with Crippen LogP contribution in [0.4, 0.5) is 0 Å². The summed E-state index contributed by atoms with van der Waals surface area (Å²) in [5.41, 5.74) is 2.31. The Morgan fingerprint density at radius 2 is 1.76 bits per heavy atom. The normalized spacial score (nSPS) is 18.2. The van der Waals surface area contributed by atoms with Crippen molar-refractivity contribution in [2.45, 2.75) is 19.8 Å². The molecule has 0 bridgehead atoms. The van der Waals surface area contributed by atoms with Crippen LogP contribution in [0.15, 0.2) is 54.6 Å². The van der Waals surface area contributed by atoms with E-state index in [1.165, 1.54) is 31.5 Å². The fourth-order valence-corrected chi connectivity index (χ4v) is 3.44. The van der Waals surface area contributed by atoms with Gasteiger partial charge in [-0.3, -0.25) is 0 Å². The molecule has 0 N–H and O–H groups in total. The number of ether oxygens (including phenoxy) is 2. The number of piperidine rings is 1. The van der Waals surface area contributed by atoms with E-state index in [1.807, 2.05) is 24.3 Å². The van der Waals surface area contributed by atoms with E-state index in [0.717, 1.165) is 30.4 Å². The Kier molecular flexibility index (Phi) is 6.89. The average Bonchev–Trinajstić information content (AvgIpc) is 2.66. The minimum absolute atomic E-state index is 0.584. The van der Waals surface area contributed by atoms with Gasteiger partial charge in [0, 0.05) is 18.7 Å². The number of para-hydroxylation sites is 1. The van der Waals surface area contributed by atoms with Gasteiger partial charge in [-0.05, 0) is 36.9 Å². The Balaban J connectivity index is 1.39. The summed E-state index contributed by atoms with van der Waals surface area (Å²) in [5, 5.41) is 0. The van der Waals surface area contributed by atoms with Gasteiger partial charge >= 0.3 is 0 Å². The molecule has 1 saturated heterocycles. The number of likely N-dealkylation sites (tertiary alicyclic amines) is 1. The van der Waals surface area contributed by atoms with Crippen LogP contribution in [0.2, 0.25) is 0 Å². The maximum absolute atomic E-state index is 5.96. The van der Waals surface area contributed by atoms with Gasteiger partial charge in [-0.2, -0.15) is 0 Å². The molecule has 1 aliphatic rings. The van der Waals surface area contributed by atoms with Crippen LogP contribution in [0.5, 0.6) is 5.75 Å². The highest BCUT2D eigenvalue weighted by atomic mass is 16.5. The van der Waals surface area contributed by atoms with Gasteiger partial charge in [0.05, 0.1) is 13.2 Å². The van der Waals surface area contributed by atoms with Gasteiger partial charge in [-0.1, -0.05) is 55.5 Å². The van der Waals surface area contributed by atoms with Crippen LogP contribution in [0.25, 0.3) is 11.1 Å². The molecule has 3 rings (SSSR count). The topological polar surface area (TPSA) is 21.7 Å². The third-order valence-corrected chi connectivity index (χ3v) is 4.75. The van der Waals surface area contributed by atoms with Crippen LogP contribution >= 0.6 is 0 Å². The molecule has 134 valence electrons. The molecule has 0 aromatic heterocycles. The summed E-state index contributed by atoms with van der Waals surface area (Å²) in [6, 6.07) is 18.5. The van der Waals surface area contributed by atoms with Crippen molar-refractivity contribution >= 4 is 0 Å². The predicted molar refractivity (Wildman–Crippen MR) is 103 cm³/mol. The molecule has 1 fully saturated rings. The maximum atomic E-state index is 5.96. The largest absolute Gasteiger partial charge is 0.491 e. The lowest BCUT2D eigenvalue weighted by Gasteiger charge is -2.30. The van der Waals surface area contributed by atoms with Crippen molar-refractivity contribution in [3.05, 3.63) is 54.6 Å². The van der Waals surface area contributed by atoms with E-state index in [1.54, 1.807) is 0 Å². The van der Waals surface area contributed by atoms with Crippen LogP contribution in [0.1, 0.15) is 19.8 Å². The molecule has 1 heterocycles. The zero-order valence-electron chi connectivity index (χ0n) is 15.2. The van der Waals surface area contributed by atoms with E-state index in [2.05, 4.69) is 42.2 Å². The van der Waals surface area contributed by atoms with Crippen molar-refractivity contribution in [3.8, 4) is 16.9 Å². The fraction of sp³-hybridized carbons (Fsp3) is 0.455. The second-order valence-electron chi connectivity index (χ2n) is 6.87. The van der Waals surface area contributed by atoms with Crippen molar-refractivity contribution in [1.82, 2.24) is 4.90 Å². The lowest BCUT2D eigenvalue weighted by atomic mass is 10.0. The first-order valence-electron chi connectivity index (χ1n) is 9.40. The van der Waals surface area contributed by atoms with Crippen molar-refractivity contribution < 1.29 is 9.47 Å². The molecule has 3 nitrogen and oxygen atoms in total. The summed E-state index contributed by atoms with van der Waals surface area (Å²) in [4.78, 5) is 2.51. The van der Waals surface area contributed by atoms with Gasteiger partial charge < -0.3 is 14.4 Å². The zero-order valence-corrected chi connectivity index (χ0v) is 15.2. The molecule has 0 amide bonds. The SMILES string of the molecule is C[C@H]1CCCN(CCOCCOc2ccccc2-c2ccccc2)C1. The van der Waals surface area contributed by atoms with Crippen LogP contribution in [0, 0.1) is 5.92 Å². The Labute approximate surface area is 151 Å². The minimum atomic E-state index is 0.584. The summed E-state index contributed by atoms with van der Waals surface area (Å²) in [5.74, 6) is 1.74. The van der Waals surface area contributed by atoms with E-state index in [0.29, 0.717) is 13.2 Å². The fourth-order valence-electron chi connectivity index (χ4n) is 3.44. The molecule has 1 aliphatic heterocycles. The summed E-state index contributed by atoms with van der Waals surface area (Å²) in [7, 11) is 0. The van der Waals surface area contributed by atoms with Crippen LogP contribution < -0.4 is 4.74 Å². The quantitative estimate of drug-likeness (QED) is 0.662. The smallest absolute Gasteiger partial charge is 0.127 e. The molecule has 2 aromatic rings. The summed E-state index contributed by atoms with van der Waals surface area (Å²) >= 11 is 0. The third-order valence-electron chi connectivity index (χ3n) is 4.75. The molecule has 25 heavy (non-hydrogen) atoms. The van der Waals surface area contributed by atoms with E-state index >= 15 is 0 Å². The highest BCUT2D eigenvalue weighted by Gasteiger charge is 2.15. The Bertz CT molecular complexity index is 629. The molecule has 1 atom stereocenters. The monoisotopic (exact) mass is 339 g/mol. The van der Waals surface area contributed by atoms with E-state index in [4.69, 9.17) is 9.47 Å². The molecule has 0 aliphatic carbocycles. The van der Waals surface area contributed by atoms with E-state index < -0.39 is 0 Å². The molecule has 0 radical (unpaired) electrons. The van der Waals surface area contributed by atoms with Crippen LogP contribution in [0.3, 0.4) is 0 Å². The van der Waals surface area contributed by atoms with Gasteiger partial charge in [0.25, 0.3) is 0 Å². The maximum Gasteiger partial charge on any atom is 0.127 e. The highest BCUT2D eigenvalue weighted by Crippen LogP contribution is 2.29. The van der Waals surface area contributed by atoms with Crippen molar-refractivity contribution in [2.75, 3.05) is 39.5 Å². The number of nitrogens with zero attached hydrogens (tertiary/aromatic N) is 1. The number of rotatable bonds is 8. The van der Waals surface area contributed by atoms with Crippen molar-refractivity contribution in [2.24, 2.45) is 5.92 Å². The summed E-state index contributed by atoms with van der Waals surface area (Å²) in [6.45, 7) is 7.80. The first-order chi connectivity index (χ1) is 12.3. The second kappa shape index (κ2) is 9.59. The third kappa shape index (κ3) is 5.58. The number of benzene rings is 2. The predicted octanol–water partition coefficient (Wildman–Crippen LogP) is 4.48. The Morgan fingerprint density at radius 1 is 0.960 bits per heavy atom. The first-order valence-corrected chi connectivity index (χ1v) is 9.40. The standard InChI is InChI=1S/C22H29NO2/c1-19-8-7-13-23(18-19)14-15-24-16-17-25-22-12-6-5-11-21(22)20-9-3-2-4-10-20/h2-6,9-12,19H,7-8,13-18H2,1H3/t19-/m0/s1. The molecule has 0 spiro atoms. The van der Waals surface area contributed by atoms with Gasteiger partial charge in [0.15, 0.2) is 0 Å². The highest BCUT2D eigenvalue weighted by molar-refractivity contribution is 5.70.